The van der Waals surface area contributed by atoms with Gasteiger partial charge in [0.05, 0.1) is 4.90 Å². The van der Waals surface area contributed by atoms with Crippen molar-refractivity contribution in [2.24, 2.45) is 0 Å². The summed E-state index contributed by atoms with van der Waals surface area (Å²) in [5, 5.41) is -1.14. The average molecular weight is 357 g/mol. The van der Waals surface area contributed by atoms with Crippen molar-refractivity contribution in [2.45, 2.75) is 35.1 Å². The number of para-hydroxylation sites is 1. The maximum absolute atomic E-state index is 13.3. The first-order valence-corrected chi connectivity index (χ1v) is 9.74. The third-order valence-electron chi connectivity index (χ3n) is 5.30. The van der Waals surface area contributed by atoms with Gasteiger partial charge in [0.25, 0.3) is 0 Å². The molecule has 2 heterocycles. The zero-order valence-corrected chi connectivity index (χ0v) is 14.9. The van der Waals surface area contributed by atoms with E-state index in [0.717, 1.165) is 5.56 Å². The number of ether oxygens (including phenoxy) is 1. The summed E-state index contributed by atoms with van der Waals surface area (Å²) >= 11 is 0. The van der Waals surface area contributed by atoms with Gasteiger partial charge in [0.2, 0.25) is 5.91 Å². The van der Waals surface area contributed by atoms with Crippen LogP contribution in [0.25, 0.3) is 0 Å². The van der Waals surface area contributed by atoms with Crippen molar-refractivity contribution in [1.82, 2.24) is 4.90 Å². The monoisotopic (exact) mass is 357 g/mol. The molecule has 3 atom stereocenters. The van der Waals surface area contributed by atoms with Crippen LogP contribution in [-0.4, -0.2) is 37.2 Å². The summed E-state index contributed by atoms with van der Waals surface area (Å²) in [6.45, 7) is 1.83. The molecule has 0 aromatic heterocycles. The molecule has 2 aromatic rings. The van der Waals surface area contributed by atoms with E-state index in [-0.39, 0.29) is 4.90 Å². The van der Waals surface area contributed by atoms with E-state index in [1.54, 1.807) is 37.4 Å². The lowest BCUT2D eigenvalue weighted by molar-refractivity contribution is -0.159. The Morgan fingerprint density at radius 3 is 2.44 bits per heavy atom. The van der Waals surface area contributed by atoms with E-state index >= 15 is 0 Å². The van der Waals surface area contributed by atoms with Gasteiger partial charge in [-0.1, -0.05) is 36.4 Å². The van der Waals surface area contributed by atoms with Crippen LogP contribution in [0.15, 0.2) is 59.5 Å². The van der Waals surface area contributed by atoms with Crippen molar-refractivity contribution in [2.75, 3.05) is 7.05 Å². The third-order valence-corrected chi connectivity index (χ3v) is 7.43. The number of amides is 1. The second-order valence-corrected chi connectivity index (χ2v) is 8.87. The molecule has 1 amide bonds. The van der Waals surface area contributed by atoms with Gasteiger partial charge in [-0.2, -0.15) is 0 Å². The molecule has 25 heavy (non-hydrogen) atoms. The fourth-order valence-corrected chi connectivity index (χ4v) is 5.78. The Labute approximate surface area is 147 Å². The summed E-state index contributed by atoms with van der Waals surface area (Å²) in [7, 11) is -2.20. The number of nitrogens with zero attached hydrogens (tertiary/aromatic N) is 1. The Morgan fingerprint density at radius 2 is 1.72 bits per heavy atom. The van der Waals surface area contributed by atoms with E-state index in [1.807, 2.05) is 31.2 Å². The van der Waals surface area contributed by atoms with Crippen molar-refractivity contribution in [3.05, 3.63) is 60.2 Å². The zero-order chi connectivity index (χ0) is 17.8. The minimum Gasteiger partial charge on any atom is -0.468 e. The molecule has 1 saturated heterocycles. The highest BCUT2D eigenvalue weighted by atomic mass is 32.2. The lowest BCUT2D eigenvalue weighted by Gasteiger charge is -2.51. The van der Waals surface area contributed by atoms with Gasteiger partial charge >= 0.3 is 0 Å². The van der Waals surface area contributed by atoms with E-state index < -0.39 is 32.6 Å². The first kappa shape index (κ1) is 16.1. The maximum Gasteiger partial charge on any atom is 0.244 e. The number of fused-ring (bicyclic) bond motifs is 4. The van der Waals surface area contributed by atoms with Gasteiger partial charge in [-0.3, -0.25) is 4.79 Å². The number of piperidine rings is 1. The molecule has 0 unspecified atom stereocenters. The predicted molar refractivity (Wildman–Crippen MR) is 93.0 cm³/mol. The summed E-state index contributed by atoms with van der Waals surface area (Å²) in [6, 6.07) is 15.6. The maximum atomic E-state index is 13.3. The van der Waals surface area contributed by atoms with Crippen LogP contribution >= 0.6 is 0 Å². The molecule has 0 aliphatic carbocycles. The van der Waals surface area contributed by atoms with Crippen LogP contribution in [0.4, 0.5) is 0 Å². The summed E-state index contributed by atoms with van der Waals surface area (Å²) in [5.74, 6) is -0.199. The lowest BCUT2D eigenvalue weighted by atomic mass is 9.80. The molecule has 2 aliphatic rings. The molecule has 2 aliphatic heterocycles. The molecule has 6 heteroatoms. The summed E-state index contributed by atoms with van der Waals surface area (Å²) in [6.07, 6.45) is 0.447. The van der Waals surface area contributed by atoms with Crippen LogP contribution < -0.4 is 4.74 Å². The predicted octanol–water partition coefficient (Wildman–Crippen LogP) is 2.58. The van der Waals surface area contributed by atoms with Crippen LogP contribution in [0.2, 0.25) is 0 Å². The Balaban J connectivity index is 1.91. The Morgan fingerprint density at radius 1 is 1.08 bits per heavy atom. The van der Waals surface area contributed by atoms with Crippen LogP contribution in [0.5, 0.6) is 5.75 Å². The van der Waals surface area contributed by atoms with Crippen LogP contribution in [-0.2, 0) is 14.6 Å². The van der Waals surface area contributed by atoms with Crippen LogP contribution in [0.1, 0.15) is 24.8 Å². The minimum atomic E-state index is -3.81. The summed E-state index contributed by atoms with van der Waals surface area (Å²) in [5.41, 5.74) is -0.0512. The Hall–Kier alpha value is -2.34. The lowest BCUT2D eigenvalue weighted by Crippen LogP contribution is -2.64. The summed E-state index contributed by atoms with van der Waals surface area (Å²) in [4.78, 5) is 14.7. The van der Waals surface area contributed by atoms with Gasteiger partial charge in [0.1, 0.15) is 5.75 Å². The molecule has 130 valence electrons. The molecule has 0 saturated carbocycles. The van der Waals surface area contributed by atoms with Crippen LogP contribution in [0.3, 0.4) is 0 Å². The fourth-order valence-electron chi connectivity index (χ4n) is 3.85. The molecule has 1 fully saturated rings. The molecule has 0 spiro atoms. The Bertz CT molecular complexity index is 941. The quantitative estimate of drug-likeness (QED) is 0.829. The number of rotatable bonds is 2. The fraction of sp³-hybridized carbons (Fsp3) is 0.316. The number of carbonyl (C=O) groups is 1. The SMILES string of the molecule is CN1C(=O)[C@@H](S(=O)(=O)c2ccccc2)[C@@H]2C[C@]1(C)Oc1ccccc12. The van der Waals surface area contributed by atoms with Crippen molar-refractivity contribution in [1.29, 1.82) is 0 Å². The van der Waals surface area contributed by atoms with E-state index in [1.165, 1.54) is 4.90 Å². The van der Waals surface area contributed by atoms with Gasteiger partial charge in [0, 0.05) is 19.4 Å². The number of hydrogen-bond acceptors (Lipinski definition) is 4. The molecule has 5 nitrogen and oxygen atoms in total. The first-order valence-electron chi connectivity index (χ1n) is 8.19. The van der Waals surface area contributed by atoms with Crippen molar-refractivity contribution in [3.63, 3.8) is 0 Å². The van der Waals surface area contributed by atoms with Crippen molar-refractivity contribution < 1.29 is 17.9 Å². The van der Waals surface area contributed by atoms with Crippen LogP contribution in [0, 0.1) is 0 Å². The first-order chi connectivity index (χ1) is 11.8. The largest absolute Gasteiger partial charge is 0.468 e. The van der Waals surface area contributed by atoms with Crippen molar-refractivity contribution >= 4 is 15.7 Å². The van der Waals surface area contributed by atoms with E-state index in [0.29, 0.717) is 12.2 Å². The number of carbonyl (C=O) groups excluding carboxylic acids is 1. The molecular weight excluding hydrogens is 338 g/mol. The third kappa shape index (κ3) is 2.28. The number of likely N-dealkylation sites (tertiary alicyclic amines) is 1. The van der Waals surface area contributed by atoms with Gasteiger partial charge in [-0.25, -0.2) is 8.42 Å². The highest BCUT2D eigenvalue weighted by Crippen LogP contribution is 2.49. The molecule has 0 radical (unpaired) electrons. The average Bonchev–Trinajstić information content (AvgIpc) is 2.60. The van der Waals surface area contributed by atoms with Gasteiger partial charge in [-0.15, -0.1) is 0 Å². The topological polar surface area (TPSA) is 63.7 Å². The van der Waals surface area contributed by atoms with Gasteiger partial charge in [0.15, 0.2) is 20.8 Å². The standard InChI is InChI=1S/C19H19NO4S/c1-19-12-15(14-10-6-7-11-16(14)24-19)17(18(21)20(19)2)25(22,23)13-8-4-3-5-9-13/h3-11,15,17H,12H2,1-2H3/t15-,17+,19+/m1/s1. The van der Waals surface area contributed by atoms with E-state index in [2.05, 4.69) is 0 Å². The molecule has 2 bridgehead atoms. The summed E-state index contributed by atoms with van der Waals surface area (Å²) < 4.78 is 32.6. The van der Waals surface area contributed by atoms with E-state index in [4.69, 9.17) is 4.74 Å². The normalized spacial score (nSPS) is 28.2. The smallest absolute Gasteiger partial charge is 0.244 e. The number of sulfone groups is 1. The molecular formula is C19H19NO4S. The highest BCUT2D eigenvalue weighted by molar-refractivity contribution is 7.92. The van der Waals surface area contributed by atoms with Crippen molar-refractivity contribution in [3.8, 4) is 5.75 Å². The van der Waals surface area contributed by atoms with Gasteiger partial charge < -0.3 is 9.64 Å². The van der Waals surface area contributed by atoms with Gasteiger partial charge in [-0.05, 0) is 30.7 Å². The second-order valence-electron chi connectivity index (χ2n) is 6.80. The molecule has 4 rings (SSSR count). The number of hydrogen-bond donors (Lipinski definition) is 0. The molecule has 2 aromatic carbocycles. The second kappa shape index (κ2) is 5.33. The minimum absolute atomic E-state index is 0.175. The Kier molecular flexibility index (Phi) is 3.44. The highest BCUT2D eigenvalue weighted by Gasteiger charge is 2.56. The molecule has 0 N–H and O–H groups in total. The zero-order valence-electron chi connectivity index (χ0n) is 14.0. The number of benzene rings is 2. The van der Waals surface area contributed by atoms with E-state index in [9.17, 15) is 13.2 Å².